The van der Waals surface area contributed by atoms with Crippen molar-refractivity contribution < 1.29 is 14.2 Å². The molecule has 3 unspecified atom stereocenters. The lowest BCUT2D eigenvalue weighted by molar-refractivity contribution is 0.0164. The Kier molecular flexibility index (Phi) is 5.71. The minimum Gasteiger partial charge on any atom is -0.379 e. The van der Waals surface area contributed by atoms with E-state index in [0.717, 1.165) is 52.2 Å². The fourth-order valence-corrected chi connectivity index (χ4v) is 2.45. The molecule has 0 aromatic rings. The lowest BCUT2D eigenvalue weighted by Crippen LogP contribution is -2.35. The zero-order valence-corrected chi connectivity index (χ0v) is 10.8. The van der Waals surface area contributed by atoms with Crippen molar-refractivity contribution in [3.8, 4) is 0 Å². The molecule has 0 amide bonds. The monoisotopic (exact) mass is 243 g/mol. The molecule has 2 heterocycles. The summed E-state index contributed by atoms with van der Waals surface area (Å²) >= 11 is 0. The third-order valence-electron chi connectivity index (χ3n) is 3.58. The van der Waals surface area contributed by atoms with E-state index in [9.17, 15) is 0 Å². The molecular formula is C13H25NO3. The second-order valence-electron chi connectivity index (χ2n) is 4.99. The lowest BCUT2D eigenvalue weighted by atomic mass is 10.1. The van der Waals surface area contributed by atoms with Crippen molar-refractivity contribution in [1.82, 2.24) is 5.32 Å². The van der Waals surface area contributed by atoms with Gasteiger partial charge in [-0.3, -0.25) is 0 Å². The fraction of sp³-hybridized carbons (Fsp3) is 1.00. The molecular weight excluding hydrogens is 218 g/mol. The van der Waals surface area contributed by atoms with Crippen LogP contribution in [-0.4, -0.2) is 51.2 Å². The van der Waals surface area contributed by atoms with Gasteiger partial charge in [0.2, 0.25) is 0 Å². The largest absolute Gasteiger partial charge is 0.379 e. The van der Waals surface area contributed by atoms with Crippen molar-refractivity contribution in [2.45, 2.75) is 50.9 Å². The normalized spacial score (nSPS) is 33.4. The van der Waals surface area contributed by atoms with Gasteiger partial charge in [-0.2, -0.15) is 0 Å². The highest BCUT2D eigenvalue weighted by molar-refractivity contribution is 4.78. The molecule has 0 radical (unpaired) electrons. The summed E-state index contributed by atoms with van der Waals surface area (Å²) in [6.07, 6.45) is 5.27. The average molecular weight is 243 g/mol. The first-order valence-electron chi connectivity index (χ1n) is 6.90. The standard InChI is InChI=1S/C13H25NO3/c1-11-13(5-9-16-11)14-6-3-7-15-10-12-4-2-8-17-12/h11-14H,2-10H2,1H3. The van der Waals surface area contributed by atoms with Gasteiger partial charge in [0.05, 0.1) is 18.8 Å². The summed E-state index contributed by atoms with van der Waals surface area (Å²) in [5.74, 6) is 0. The van der Waals surface area contributed by atoms with Gasteiger partial charge in [-0.1, -0.05) is 0 Å². The molecule has 2 aliphatic heterocycles. The van der Waals surface area contributed by atoms with E-state index >= 15 is 0 Å². The molecule has 0 spiro atoms. The highest BCUT2D eigenvalue weighted by Crippen LogP contribution is 2.13. The SMILES string of the molecule is CC1OCCC1NCCCOCC1CCCO1. The predicted molar refractivity (Wildman–Crippen MR) is 66.2 cm³/mol. The van der Waals surface area contributed by atoms with E-state index in [1.807, 2.05) is 0 Å². The van der Waals surface area contributed by atoms with Gasteiger partial charge in [0, 0.05) is 25.9 Å². The van der Waals surface area contributed by atoms with Crippen molar-refractivity contribution in [3.63, 3.8) is 0 Å². The van der Waals surface area contributed by atoms with Crippen LogP contribution in [0.5, 0.6) is 0 Å². The first kappa shape index (κ1) is 13.3. The number of nitrogens with one attached hydrogen (secondary N) is 1. The van der Waals surface area contributed by atoms with Crippen LogP contribution in [0.2, 0.25) is 0 Å². The zero-order valence-electron chi connectivity index (χ0n) is 10.8. The Hall–Kier alpha value is -0.160. The van der Waals surface area contributed by atoms with Gasteiger partial charge in [-0.25, -0.2) is 0 Å². The van der Waals surface area contributed by atoms with Gasteiger partial charge in [0.15, 0.2) is 0 Å². The molecule has 0 aromatic heterocycles. The Bertz CT molecular complexity index is 207. The van der Waals surface area contributed by atoms with Gasteiger partial charge in [-0.05, 0) is 39.2 Å². The molecule has 0 aromatic carbocycles. The highest BCUT2D eigenvalue weighted by atomic mass is 16.5. The summed E-state index contributed by atoms with van der Waals surface area (Å²) in [5, 5.41) is 3.52. The quantitative estimate of drug-likeness (QED) is 0.685. The van der Waals surface area contributed by atoms with Crippen LogP contribution in [0.25, 0.3) is 0 Å². The number of ether oxygens (including phenoxy) is 3. The van der Waals surface area contributed by atoms with Crippen LogP contribution in [0.1, 0.15) is 32.6 Å². The zero-order chi connectivity index (χ0) is 11.9. The summed E-state index contributed by atoms with van der Waals surface area (Å²) in [5.41, 5.74) is 0. The van der Waals surface area contributed by atoms with Crippen molar-refractivity contribution in [2.24, 2.45) is 0 Å². The maximum atomic E-state index is 5.61. The second-order valence-corrected chi connectivity index (χ2v) is 4.99. The molecule has 3 atom stereocenters. The molecule has 4 heteroatoms. The summed E-state index contributed by atoms with van der Waals surface area (Å²) in [6, 6.07) is 0.535. The van der Waals surface area contributed by atoms with Gasteiger partial charge in [0.1, 0.15) is 0 Å². The van der Waals surface area contributed by atoms with E-state index < -0.39 is 0 Å². The van der Waals surface area contributed by atoms with E-state index in [4.69, 9.17) is 14.2 Å². The number of hydrogen-bond donors (Lipinski definition) is 1. The molecule has 17 heavy (non-hydrogen) atoms. The molecule has 2 rings (SSSR count). The van der Waals surface area contributed by atoms with Crippen LogP contribution in [0.3, 0.4) is 0 Å². The highest BCUT2D eigenvalue weighted by Gasteiger charge is 2.22. The van der Waals surface area contributed by atoms with Crippen LogP contribution in [0.4, 0.5) is 0 Å². The Morgan fingerprint density at radius 1 is 1.24 bits per heavy atom. The van der Waals surface area contributed by atoms with Crippen molar-refractivity contribution in [1.29, 1.82) is 0 Å². The van der Waals surface area contributed by atoms with E-state index in [0.29, 0.717) is 18.2 Å². The summed E-state index contributed by atoms with van der Waals surface area (Å²) in [6.45, 7) is 6.56. The predicted octanol–water partition coefficient (Wildman–Crippen LogP) is 1.34. The first-order valence-corrected chi connectivity index (χ1v) is 6.90. The van der Waals surface area contributed by atoms with Crippen LogP contribution in [0, 0.1) is 0 Å². The lowest BCUT2D eigenvalue weighted by Gasteiger charge is -2.16. The Morgan fingerprint density at radius 3 is 2.88 bits per heavy atom. The number of hydrogen-bond acceptors (Lipinski definition) is 4. The number of rotatable bonds is 7. The molecule has 0 aliphatic carbocycles. The van der Waals surface area contributed by atoms with Crippen LogP contribution in [0.15, 0.2) is 0 Å². The van der Waals surface area contributed by atoms with Gasteiger partial charge in [0.25, 0.3) is 0 Å². The summed E-state index contributed by atoms with van der Waals surface area (Å²) in [7, 11) is 0. The van der Waals surface area contributed by atoms with Crippen LogP contribution >= 0.6 is 0 Å². The molecule has 2 fully saturated rings. The van der Waals surface area contributed by atoms with Gasteiger partial charge in [-0.15, -0.1) is 0 Å². The van der Waals surface area contributed by atoms with Crippen molar-refractivity contribution >= 4 is 0 Å². The molecule has 2 aliphatic rings. The molecule has 1 N–H and O–H groups in total. The van der Waals surface area contributed by atoms with Crippen LogP contribution < -0.4 is 5.32 Å². The molecule has 4 nitrogen and oxygen atoms in total. The minimum absolute atomic E-state index is 0.353. The van der Waals surface area contributed by atoms with Crippen LogP contribution in [-0.2, 0) is 14.2 Å². The van der Waals surface area contributed by atoms with E-state index in [-0.39, 0.29) is 0 Å². The second kappa shape index (κ2) is 7.31. The molecule has 100 valence electrons. The molecule has 2 saturated heterocycles. The summed E-state index contributed by atoms with van der Waals surface area (Å²) in [4.78, 5) is 0. The molecule has 0 saturated carbocycles. The molecule has 0 bridgehead atoms. The van der Waals surface area contributed by atoms with Crippen molar-refractivity contribution in [2.75, 3.05) is 33.0 Å². The van der Waals surface area contributed by atoms with E-state index in [1.54, 1.807) is 0 Å². The van der Waals surface area contributed by atoms with E-state index in [2.05, 4.69) is 12.2 Å². The summed E-state index contributed by atoms with van der Waals surface area (Å²) < 4.78 is 16.6. The third kappa shape index (κ3) is 4.54. The topological polar surface area (TPSA) is 39.7 Å². The Morgan fingerprint density at radius 2 is 2.18 bits per heavy atom. The van der Waals surface area contributed by atoms with Gasteiger partial charge >= 0.3 is 0 Å². The minimum atomic E-state index is 0.353. The maximum Gasteiger partial charge on any atom is 0.0809 e. The third-order valence-corrected chi connectivity index (χ3v) is 3.58. The Balaban J connectivity index is 1.41. The fourth-order valence-electron chi connectivity index (χ4n) is 2.45. The van der Waals surface area contributed by atoms with E-state index in [1.165, 1.54) is 6.42 Å². The smallest absolute Gasteiger partial charge is 0.0809 e. The Labute approximate surface area is 104 Å². The maximum absolute atomic E-state index is 5.61. The first-order chi connectivity index (χ1) is 8.36. The van der Waals surface area contributed by atoms with Crippen molar-refractivity contribution in [3.05, 3.63) is 0 Å². The van der Waals surface area contributed by atoms with Gasteiger partial charge < -0.3 is 19.5 Å². The average Bonchev–Trinajstić information content (AvgIpc) is 2.95.